The number of alkyl halides is 3. The van der Waals surface area contributed by atoms with Gasteiger partial charge in [0.2, 0.25) is 17.6 Å². The molecule has 8 heteroatoms. The Morgan fingerprint density at radius 1 is 1.14 bits per heavy atom. The highest BCUT2D eigenvalue weighted by Crippen LogP contribution is 2.31. The van der Waals surface area contributed by atoms with Crippen LogP contribution in [0.1, 0.15) is 29.0 Å². The maximum Gasteiger partial charge on any atom is 0.416 e. The van der Waals surface area contributed by atoms with Gasteiger partial charge in [-0.25, -0.2) is 0 Å². The van der Waals surface area contributed by atoms with Gasteiger partial charge >= 0.3 is 6.18 Å². The minimum atomic E-state index is -4.45. The molecule has 0 unspecified atom stereocenters. The Balaban J connectivity index is 1.64. The Morgan fingerprint density at radius 2 is 1.93 bits per heavy atom. The molecule has 0 fully saturated rings. The van der Waals surface area contributed by atoms with E-state index in [1.54, 1.807) is 0 Å². The summed E-state index contributed by atoms with van der Waals surface area (Å²) in [6.45, 7) is 3.83. The van der Waals surface area contributed by atoms with Gasteiger partial charge < -0.3 is 9.84 Å². The third-order valence-corrected chi connectivity index (χ3v) is 4.15. The van der Waals surface area contributed by atoms with Crippen molar-refractivity contribution in [1.29, 1.82) is 0 Å². The number of carbonyl (C=O) groups is 1. The molecule has 0 atom stereocenters. The molecular weight excluding hydrogens is 371 g/mol. The van der Waals surface area contributed by atoms with Gasteiger partial charge in [-0.2, -0.15) is 18.2 Å². The molecule has 1 N–H and O–H groups in total. The zero-order valence-electron chi connectivity index (χ0n) is 15.3. The lowest BCUT2D eigenvalue weighted by Crippen LogP contribution is -2.13. The van der Waals surface area contributed by atoms with E-state index in [2.05, 4.69) is 15.5 Å². The van der Waals surface area contributed by atoms with Crippen molar-refractivity contribution in [2.24, 2.45) is 0 Å². The fourth-order valence-corrected chi connectivity index (χ4v) is 2.61. The van der Waals surface area contributed by atoms with Gasteiger partial charge in [-0.15, -0.1) is 0 Å². The van der Waals surface area contributed by atoms with Crippen molar-refractivity contribution in [2.45, 2.75) is 32.9 Å². The molecule has 3 aromatic rings. The van der Waals surface area contributed by atoms with Crippen LogP contribution in [0.15, 0.2) is 47.0 Å². The number of aromatic nitrogens is 2. The molecule has 146 valence electrons. The second-order valence-corrected chi connectivity index (χ2v) is 6.46. The van der Waals surface area contributed by atoms with Crippen LogP contribution in [0.25, 0.3) is 11.4 Å². The van der Waals surface area contributed by atoms with Gasteiger partial charge in [-0.1, -0.05) is 29.4 Å². The number of anilines is 1. The molecule has 2 aromatic carbocycles. The van der Waals surface area contributed by atoms with E-state index in [1.807, 2.05) is 32.0 Å². The van der Waals surface area contributed by atoms with Crippen molar-refractivity contribution in [3.05, 3.63) is 65.0 Å². The Hall–Kier alpha value is -3.16. The average molecular weight is 389 g/mol. The van der Waals surface area contributed by atoms with Crippen LogP contribution < -0.4 is 5.32 Å². The van der Waals surface area contributed by atoms with Crippen LogP contribution in [0, 0.1) is 13.8 Å². The standard InChI is InChI=1S/C20H18F3N3O2/c1-12-6-7-13(2)16(10-12)24-17(27)8-9-18-25-19(26-28-18)14-4-3-5-15(11-14)20(21,22)23/h3-7,10-11H,8-9H2,1-2H3,(H,24,27). The van der Waals surface area contributed by atoms with Crippen LogP contribution in [0.3, 0.4) is 0 Å². The molecule has 0 radical (unpaired) electrons. The Kier molecular flexibility index (Phi) is 5.48. The van der Waals surface area contributed by atoms with Crippen LogP contribution >= 0.6 is 0 Å². The van der Waals surface area contributed by atoms with Crippen molar-refractivity contribution >= 4 is 11.6 Å². The monoisotopic (exact) mass is 389 g/mol. The summed E-state index contributed by atoms with van der Waals surface area (Å²) in [5.74, 6) is 0.0204. The topological polar surface area (TPSA) is 68.0 Å². The number of hydrogen-bond acceptors (Lipinski definition) is 4. The first-order valence-corrected chi connectivity index (χ1v) is 8.60. The van der Waals surface area contributed by atoms with E-state index in [0.29, 0.717) is 0 Å². The zero-order chi connectivity index (χ0) is 20.3. The van der Waals surface area contributed by atoms with Gasteiger partial charge in [-0.3, -0.25) is 4.79 Å². The van der Waals surface area contributed by atoms with E-state index in [4.69, 9.17) is 4.52 Å². The summed E-state index contributed by atoms with van der Waals surface area (Å²) in [7, 11) is 0. The second-order valence-electron chi connectivity index (χ2n) is 6.46. The molecule has 1 heterocycles. The Bertz CT molecular complexity index is 996. The summed E-state index contributed by atoms with van der Waals surface area (Å²) in [5, 5.41) is 6.54. The molecule has 0 aliphatic heterocycles. The van der Waals surface area contributed by atoms with E-state index in [9.17, 15) is 18.0 Å². The lowest BCUT2D eigenvalue weighted by atomic mass is 10.1. The number of rotatable bonds is 5. The predicted molar refractivity (Wildman–Crippen MR) is 97.6 cm³/mol. The molecule has 28 heavy (non-hydrogen) atoms. The van der Waals surface area contributed by atoms with Crippen molar-refractivity contribution in [1.82, 2.24) is 10.1 Å². The minimum Gasteiger partial charge on any atom is -0.339 e. The van der Waals surface area contributed by atoms with E-state index in [0.717, 1.165) is 28.9 Å². The average Bonchev–Trinajstić information content (AvgIpc) is 3.12. The largest absolute Gasteiger partial charge is 0.416 e. The van der Waals surface area contributed by atoms with Crippen LogP contribution in [0.2, 0.25) is 0 Å². The molecule has 0 spiro atoms. The fourth-order valence-electron chi connectivity index (χ4n) is 2.61. The quantitative estimate of drug-likeness (QED) is 0.671. The normalized spacial score (nSPS) is 11.5. The number of hydrogen-bond donors (Lipinski definition) is 1. The number of aryl methyl sites for hydroxylation is 3. The van der Waals surface area contributed by atoms with E-state index < -0.39 is 11.7 Å². The third-order valence-electron chi connectivity index (χ3n) is 4.15. The molecule has 0 aliphatic rings. The zero-order valence-corrected chi connectivity index (χ0v) is 15.3. The molecule has 0 saturated carbocycles. The number of halogens is 3. The first kappa shape index (κ1) is 19.6. The van der Waals surface area contributed by atoms with Crippen LogP contribution in [-0.2, 0) is 17.4 Å². The van der Waals surface area contributed by atoms with E-state index in [-0.39, 0.29) is 36.0 Å². The number of nitrogens with zero attached hydrogens (tertiary/aromatic N) is 2. The van der Waals surface area contributed by atoms with Crippen molar-refractivity contribution in [3.8, 4) is 11.4 Å². The van der Waals surface area contributed by atoms with Gasteiger partial charge in [0.25, 0.3) is 0 Å². The maximum absolute atomic E-state index is 12.8. The van der Waals surface area contributed by atoms with Crippen molar-refractivity contribution < 1.29 is 22.5 Å². The van der Waals surface area contributed by atoms with Gasteiger partial charge in [-0.05, 0) is 43.2 Å². The van der Waals surface area contributed by atoms with Crippen molar-refractivity contribution in [2.75, 3.05) is 5.32 Å². The molecule has 0 aliphatic carbocycles. The van der Waals surface area contributed by atoms with Gasteiger partial charge in [0.05, 0.1) is 5.56 Å². The first-order valence-electron chi connectivity index (χ1n) is 8.60. The lowest BCUT2D eigenvalue weighted by molar-refractivity contribution is -0.137. The molecule has 1 aromatic heterocycles. The highest BCUT2D eigenvalue weighted by Gasteiger charge is 2.30. The smallest absolute Gasteiger partial charge is 0.339 e. The Morgan fingerprint density at radius 3 is 2.68 bits per heavy atom. The molecular formula is C20H18F3N3O2. The Labute approximate surface area is 159 Å². The summed E-state index contributed by atoms with van der Waals surface area (Å²) in [6.07, 6.45) is -4.16. The summed E-state index contributed by atoms with van der Waals surface area (Å²) in [4.78, 5) is 16.2. The van der Waals surface area contributed by atoms with E-state index >= 15 is 0 Å². The number of benzene rings is 2. The predicted octanol–water partition coefficient (Wildman–Crippen LogP) is 4.94. The number of carbonyl (C=O) groups excluding carboxylic acids is 1. The SMILES string of the molecule is Cc1ccc(C)c(NC(=O)CCc2nc(-c3cccc(C(F)(F)F)c3)no2)c1. The highest BCUT2D eigenvalue weighted by atomic mass is 19.4. The van der Waals surface area contributed by atoms with Gasteiger partial charge in [0, 0.05) is 24.1 Å². The van der Waals surface area contributed by atoms with E-state index in [1.165, 1.54) is 12.1 Å². The van der Waals surface area contributed by atoms with Crippen molar-refractivity contribution in [3.63, 3.8) is 0 Å². The first-order chi connectivity index (χ1) is 13.2. The summed E-state index contributed by atoms with van der Waals surface area (Å²) in [6, 6.07) is 10.4. The molecule has 0 bridgehead atoms. The molecule has 0 saturated heterocycles. The van der Waals surface area contributed by atoms with Crippen LogP contribution in [-0.4, -0.2) is 16.0 Å². The summed E-state index contributed by atoms with van der Waals surface area (Å²) < 4.78 is 43.5. The molecule has 5 nitrogen and oxygen atoms in total. The second kappa shape index (κ2) is 7.84. The fraction of sp³-hybridized carbons (Fsp3) is 0.250. The maximum atomic E-state index is 12.8. The summed E-state index contributed by atoms with van der Waals surface area (Å²) >= 11 is 0. The van der Waals surface area contributed by atoms with Crippen LogP contribution in [0.5, 0.6) is 0 Å². The highest BCUT2D eigenvalue weighted by molar-refractivity contribution is 5.91. The number of amides is 1. The van der Waals surface area contributed by atoms with Gasteiger partial charge in [0.15, 0.2) is 0 Å². The van der Waals surface area contributed by atoms with Crippen LogP contribution in [0.4, 0.5) is 18.9 Å². The summed E-state index contributed by atoms with van der Waals surface area (Å²) in [5.41, 5.74) is 2.13. The van der Waals surface area contributed by atoms with Gasteiger partial charge in [0.1, 0.15) is 0 Å². The number of nitrogens with one attached hydrogen (secondary N) is 1. The minimum absolute atomic E-state index is 0.0519. The third kappa shape index (κ3) is 4.76. The molecule has 1 amide bonds. The molecule has 3 rings (SSSR count). The lowest BCUT2D eigenvalue weighted by Gasteiger charge is -2.08.